The topological polar surface area (TPSA) is 29.3 Å². The van der Waals surface area contributed by atoms with Crippen LogP contribution in [0.25, 0.3) is 88.3 Å². The van der Waals surface area contributed by atoms with Crippen molar-refractivity contribution >= 4 is 60.5 Å². The van der Waals surface area contributed by atoms with E-state index in [0.717, 1.165) is 61.0 Å². The van der Waals surface area contributed by atoms with Crippen LogP contribution < -0.4 is 4.90 Å². The van der Waals surface area contributed by atoms with Gasteiger partial charge in [-0.15, -0.1) is 0 Å². The second-order valence-corrected chi connectivity index (χ2v) is 14.8. The summed E-state index contributed by atoms with van der Waals surface area (Å²) in [6.45, 7) is 0. The summed E-state index contributed by atoms with van der Waals surface area (Å²) < 4.78 is 6.54. The minimum absolute atomic E-state index is 0.629. The van der Waals surface area contributed by atoms with Crippen molar-refractivity contribution in [2.75, 3.05) is 4.90 Å². The lowest BCUT2D eigenvalue weighted by molar-refractivity contribution is 0.623. The molecule has 0 unspecified atom stereocenters. The maximum Gasteiger partial charge on any atom is 0.227 e. The first-order valence-corrected chi connectivity index (χ1v) is 19.7. The number of anilines is 3. The molecule has 0 amide bonds. The minimum atomic E-state index is 0.629. The van der Waals surface area contributed by atoms with Crippen molar-refractivity contribution in [3.05, 3.63) is 218 Å². The lowest BCUT2D eigenvalue weighted by Crippen LogP contribution is -2.10. The zero-order chi connectivity index (χ0) is 38.4. The molecule has 0 radical (unpaired) electrons. The number of hydrogen-bond acceptors (Lipinski definition) is 3. The average Bonchev–Trinajstić information content (AvgIpc) is 3.75. The lowest BCUT2D eigenvalue weighted by atomic mass is 9.97. The van der Waals surface area contributed by atoms with Crippen LogP contribution in [0.1, 0.15) is 0 Å². The predicted octanol–water partition coefficient (Wildman–Crippen LogP) is 15.4. The number of hydrogen-bond donors (Lipinski definition) is 0. The zero-order valence-electron chi connectivity index (χ0n) is 31.6. The summed E-state index contributed by atoms with van der Waals surface area (Å²) in [5.41, 5.74) is 12.9. The van der Waals surface area contributed by atoms with E-state index in [1.165, 1.54) is 38.4 Å². The van der Waals surface area contributed by atoms with E-state index in [0.29, 0.717) is 5.89 Å². The number of benzene rings is 10. The molecule has 58 heavy (non-hydrogen) atoms. The largest absolute Gasteiger partial charge is 0.435 e. The van der Waals surface area contributed by atoms with Gasteiger partial charge in [0.2, 0.25) is 5.89 Å². The molecule has 0 aliphatic rings. The molecular formula is C55H36N2O. The summed E-state index contributed by atoms with van der Waals surface area (Å²) in [5.74, 6) is 0.629. The van der Waals surface area contributed by atoms with Gasteiger partial charge in [-0.3, -0.25) is 0 Å². The second kappa shape index (κ2) is 14.1. The molecule has 3 heteroatoms. The van der Waals surface area contributed by atoms with Crippen LogP contribution in [0, 0.1) is 0 Å². The normalized spacial score (nSPS) is 11.4. The number of oxazole rings is 1. The van der Waals surface area contributed by atoms with E-state index in [-0.39, 0.29) is 0 Å². The highest BCUT2D eigenvalue weighted by Gasteiger charge is 2.17. The smallest absolute Gasteiger partial charge is 0.227 e. The van der Waals surface area contributed by atoms with Crippen molar-refractivity contribution in [2.45, 2.75) is 0 Å². The van der Waals surface area contributed by atoms with Gasteiger partial charge in [-0.1, -0.05) is 158 Å². The Hall–Kier alpha value is -7.75. The molecule has 3 nitrogen and oxygen atoms in total. The first kappa shape index (κ1) is 33.6. The van der Waals surface area contributed by atoms with Gasteiger partial charge in [0.05, 0.1) is 0 Å². The Labute approximate surface area is 336 Å². The van der Waals surface area contributed by atoms with Gasteiger partial charge in [-0.25, -0.2) is 4.98 Å². The van der Waals surface area contributed by atoms with Crippen molar-refractivity contribution in [3.8, 4) is 44.8 Å². The van der Waals surface area contributed by atoms with Crippen molar-refractivity contribution in [1.29, 1.82) is 0 Å². The highest BCUT2D eigenvalue weighted by atomic mass is 16.3. The van der Waals surface area contributed by atoms with E-state index in [1.807, 2.05) is 0 Å². The molecule has 0 spiro atoms. The van der Waals surface area contributed by atoms with E-state index in [2.05, 4.69) is 223 Å². The molecule has 0 saturated carbocycles. The average molecular weight is 741 g/mol. The molecule has 1 aromatic heterocycles. The van der Waals surface area contributed by atoms with E-state index < -0.39 is 0 Å². The van der Waals surface area contributed by atoms with Gasteiger partial charge in [0.25, 0.3) is 0 Å². The van der Waals surface area contributed by atoms with Crippen LogP contribution >= 0.6 is 0 Å². The van der Waals surface area contributed by atoms with Crippen LogP contribution in [0.4, 0.5) is 17.1 Å². The maximum absolute atomic E-state index is 6.54. The third kappa shape index (κ3) is 6.07. The number of aromatic nitrogens is 1. The Bertz CT molecular complexity index is 3270. The standard InChI is InChI=1S/C55H36N2O/c1-2-10-37(11-3-1)39-24-29-47(30-25-39)57(49-17-8-16-45(35-49)51-19-9-15-41-13-6-7-18-50(41)51)48-31-26-40(27-32-48)44-22-21-42-28-33-53-54(52(42)36-44)58-55(56-53)46-23-20-38-12-4-5-14-43(38)34-46/h1-36H. The summed E-state index contributed by atoms with van der Waals surface area (Å²) >= 11 is 0. The van der Waals surface area contributed by atoms with Crippen LogP contribution in [0.15, 0.2) is 223 Å². The maximum atomic E-state index is 6.54. The van der Waals surface area contributed by atoms with Gasteiger partial charge in [0.15, 0.2) is 5.58 Å². The lowest BCUT2D eigenvalue weighted by Gasteiger charge is -2.26. The van der Waals surface area contributed by atoms with E-state index in [4.69, 9.17) is 9.40 Å². The van der Waals surface area contributed by atoms with Gasteiger partial charge in [0.1, 0.15) is 5.52 Å². The summed E-state index contributed by atoms with van der Waals surface area (Å²) in [4.78, 5) is 7.27. The second-order valence-electron chi connectivity index (χ2n) is 14.8. The van der Waals surface area contributed by atoms with Gasteiger partial charge in [0, 0.05) is 28.0 Å². The number of nitrogens with zero attached hydrogens (tertiary/aromatic N) is 2. The Balaban J connectivity index is 0.978. The Morgan fingerprint density at radius 1 is 0.328 bits per heavy atom. The highest BCUT2D eigenvalue weighted by molar-refractivity contribution is 6.05. The predicted molar refractivity (Wildman–Crippen MR) is 243 cm³/mol. The van der Waals surface area contributed by atoms with Crippen LogP contribution in [0.3, 0.4) is 0 Å². The van der Waals surface area contributed by atoms with Crippen molar-refractivity contribution in [1.82, 2.24) is 4.98 Å². The first-order chi connectivity index (χ1) is 28.7. The summed E-state index contributed by atoms with van der Waals surface area (Å²) in [6.07, 6.45) is 0. The molecule has 0 N–H and O–H groups in total. The molecule has 0 saturated heterocycles. The van der Waals surface area contributed by atoms with Gasteiger partial charge >= 0.3 is 0 Å². The fraction of sp³-hybridized carbons (Fsp3) is 0. The van der Waals surface area contributed by atoms with Crippen LogP contribution in [0.5, 0.6) is 0 Å². The molecule has 11 rings (SSSR count). The van der Waals surface area contributed by atoms with Crippen LogP contribution in [0.2, 0.25) is 0 Å². The fourth-order valence-corrected chi connectivity index (χ4v) is 8.30. The van der Waals surface area contributed by atoms with Crippen molar-refractivity contribution < 1.29 is 4.42 Å². The SMILES string of the molecule is c1ccc(-c2ccc(N(c3ccc(-c4ccc5ccc6nc(-c7ccc8ccccc8c7)oc6c5c4)cc3)c3cccc(-c4cccc5ccccc45)c3)cc2)cc1. The zero-order valence-corrected chi connectivity index (χ0v) is 31.6. The highest BCUT2D eigenvalue weighted by Crippen LogP contribution is 2.40. The van der Waals surface area contributed by atoms with E-state index in [1.54, 1.807) is 0 Å². The fourth-order valence-electron chi connectivity index (χ4n) is 8.30. The monoisotopic (exact) mass is 740 g/mol. The first-order valence-electron chi connectivity index (χ1n) is 19.7. The third-order valence-electron chi connectivity index (χ3n) is 11.3. The van der Waals surface area contributed by atoms with Gasteiger partial charge in [-0.05, 0) is 121 Å². The van der Waals surface area contributed by atoms with E-state index >= 15 is 0 Å². The summed E-state index contributed by atoms with van der Waals surface area (Å²) in [6, 6.07) is 77.8. The Kier molecular flexibility index (Phi) is 8.15. The molecule has 0 fully saturated rings. The molecule has 11 aromatic rings. The molecule has 0 aliphatic heterocycles. The molecular weight excluding hydrogens is 705 g/mol. The molecule has 272 valence electrons. The number of fused-ring (bicyclic) bond motifs is 5. The van der Waals surface area contributed by atoms with Crippen molar-refractivity contribution in [2.24, 2.45) is 0 Å². The third-order valence-corrected chi connectivity index (χ3v) is 11.3. The molecule has 10 aromatic carbocycles. The summed E-state index contributed by atoms with van der Waals surface area (Å²) in [5, 5.41) is 7.00. The van der Waals surface area contributed by atoms with Crippen LogP contribution in [-0.2, 0) is 0 Å². The molecule has 0 atom stereocenters. The molecule has 0 aliphatic carbocycles. The van der Waals surface area contributed by atoms with Crippen LogP contribution in [-0.4, -0.2) is 4.98 Å². The Morgan fingerprint density at radius 3 is 1.71 bits per heavy atom. The molecule has 0 bridgehead atoms. The summed E-state index contributed by atoms with van der Waals surface area (Å²) in [7, 11) is 0. The van der Waals surface area contributed by atoms with Gasteiger partial charge in [-0.2, -0.15) is 0 Å². The van der Waals surface area contributed by atoms with Crippen molar-refractivity contribution in [3.63, 3.8) is 0 Å². The minimum Gasteiger partial charge on any atom is -0.435 e. The van der Waals surface area contributed by atoms with Gasteiger partial charge < -0.3 is 9.32 Å². The van der Waals surface area contributed by atoms with E-state index in [9.17, 15) is 0 Å². The Morgan fingerprint density at radius 2 is 0.897 bits per heavy atom. The number of rotatable bonds is 7. The molecule has 1 heterocycles. The quantitative estimate of drug-likeness (QED) is 0.163.